The van der Waals surface area contributed by atoms with Crippen LogP contribution in [0, 0.1) is 0 Å². The molecular weight excluding hydrogens is 354 g/mol. The smallest absolute Gasteiger partial charge is 0.234 e. The number of nitrogens with zero attached hydrogens (tertiary/aromatic N) is 2. The number of amides is 2. The zero-order valence-corrected chi connectivity index (χ0v) is 15.5. The van der Waals surface area contributed by atoms with Gasteiger partial charge in [-0.15, -0.1) is 0 Å². The van der Waals surface area contributed by atoms with Gasteiger partial charge in [0.1, 0.15) is 11.5 Å². The van der Waals surface area contributed by atoms with Crippen molar-refractivity contribution in [2.24, 2.45) is 0 Å². The van der Waals surface area contributed by atoms with Gasteiger partial charge in [-0.3, -0.25) is 14.5 Å². The van der Waals surface area contributed by atoms with Crippen LogP contribution in [-0.2, 0) is 16.1 Å². The summed E-state index contributed by atoms with van der Waals surface area (Å²) in [5.74, 6) is 1.48. The molecule has 1 fully saturated rings. The van der Waals surface area contributed by atoms with Crippen LogP contribution in [0.2, 0.25) is 5.02 Å². The van der Waals surface area contributed by atoms with Gasteiger partial charge >= 0.3 is 0 Å². The first-order valence-corrected chi connectivity index (χ1v) is 8.98. The summed E-state index contributed by atoms with van der Waals surface area (Å²) in [6.45, 7) is 5.03. The van der Waals surface area contributed by atoms with Crippen molar-refractivity contribution in [2.75, 3.05) is 32.7 Å². The van der Waals surface area contributed by atoms with Gasteiger partial charge in [-0.05, 0) is 36.4 Å². The molecule has 1 aliphatic rings. The van der Waals surface area contributed by atoms with Gasteiger partial charge in [0.15, 0.2) is 0 Å². The molecule has 0 radical (unpaired) electrons. The third-order valence-electron chi connectivity index (χ3n) is 4.44. The Kier molecular flexibility index (Phi) is 5.96. The predicted molar refractivity (Wildman–Crippen MR) is 99.7 cm³/mol. The van der Waals surface area contributed by atoms with E-state index in [9.17, 15) is 9.59 Å². The quantitative estimate of drug-likeness (QED) is 0.871. The summed E-state index contributed by atoms with van der Waals surface area (Å²) in [6, 6.07) is 11.1. The fraction of sp³-hybridized carbons (Fsp3) is 0.368. The molecule has 1 aromatic carbocycles. The van der Waals surface area contributed by atoms with E-state index in [2.05, 4.69) is 10.2 Å². The molecule has 0 atom stereocenters. The molecule has 138 valence electrons. The summed E-state index contributed by atoms with van der Waals surface area (Å²) in [4.78, 5) is 27.3. The van der Waals surface area contributed by atoms with Crippen LogP contribution in [-0.4, -0.2) is 54.3 Å². The molecular formula is C19H22ClN3O3. The van der Waals surface area contributed by atoms with E-state index in [1.54, 1.807) is 11.8 Å². The van der Waals surface area contributed by atoms with Crippen molar-refractivity contribution in [3.8, 4) is 11.3 Å². The van der Waals surface area contributed by atoms with E-state index < -0.39 is 0 Å². The molecule has 1 aliphatic heterocycles. The summed E-state index contributed by atoms with van der Waals surface area (Å²) in [7, 11) is 0. The molecule has 0 saturated carbocycles. The third kappa shape index (κ3) is 4.86. The molecule has 0 unspecified atom stereocenters. The lowest BCUT2D eigenvalue weighted by Gasteiger charge is -2.33. The SMILES string of the molecule is CC(=O)N1CCN(CC(=O)NCc2ccc(-c3ccc(Cl)cc3)o2)CC1. The summed E-state index contributed by atoms with van der Waals surface area (Å²) >= 11 is 5.89. The van der Waals surface area contributed by atoms with E-state index in [0.29, 0.717) is 50.1 Å². The fourth-order valence-corrected chi connectivity index (χ4v) is 3.03. The van der Waals surface area contributed by atoms with Crippen LogP contribution >= 0.6 is 11.6 Å². The second kappa shape index (κ2) is 8.38. The Balaban J connectivity index is 1.45. The molecule has 2 aromatic rings. The van der Waals surface area contributed by atoms with Gasteiger partial charge < -0.3 is 14.6 Å². The maximum atomic E-state index is 12.1. The van der Waals surface area contributed by atoms with E-state index in [0.717, 1.165) is 11.3 Å². The highest BCUT2D eigenvalue weighted by molar-refractivity contribution is 6.30. The topological polar surface area (TPSA) is 65.8 Å². The third-order valence-corrected chi connectivity index (χ3v) is 4.69. The Morgan fingerprint density at radius 3 is 2.42 bits per heavy atom. The van der Waals surface area contributed by atoms with Crippen molar-refractivity contribution >= 4 is 23.4 Å². The Morgan fingerprint density at radius 2 is 1.77 bits per heavy atom. The molecule has 2 amide bonds. The number of hydrogen-bond acceptors (Lipinski definition) is 4. The number of carbonyl (C=O) groups excluding carboxylic acids is 2. The number of piperazine rings is 1. The van der Waals surface area contributed by atoms with E-state index in [1.807, 2.05) is 36.4 Å². The minimum absolute atomic E-state index is 0.0503. The van der Waals surface area contributed by atoms with Crippen molar-refractivity contribution in [1.82, 2.24) is 15.1 Å². The zero-order chi connectivity index (χ0) is 18.5. The maximum Gasteiger partial charge on any atom is 0.234 e. The monoisotopic (exact) mass is 375 g/mol. The van der Waals surface area contributed by atoms with E-state index in [1.165, 1.54) is 0 Å². The molecule has 0 spiro atoms. The van der Waals surface area contributed by atoms with Crippen LogP contribution in [0.1, 0.15) is 12.7 Å². The summed E-state index contributed by atoms with van der Waals surface area (Å²) in [5, 5.41) is 3.56. The number of carbonyl (C=O) groups is 2. The van der Waals surface area contributed by atoms with Crippen LogP contribution in [0.3, 0.4) is 0 Å². The van der Waals surface area contributed by atoms with Gasteiger partial charge in [0, 0.05) is 43.7 Å². The Hall–Kier alpha value is -2.31. The first-order chi connectivity index (χ1) is 12.5. The maximum absolute atomic E-state index is 12.1. The molecule has 1 aromatic heterocycles. The summed E-state index contributed by atoms with van der Waals surface area (Å²) in [6.07, 6.45) is 0. The lowest BCUT2D eigenvalue weighted by atomic mass is 10.2. The van der Waals surface area contributed by atoms with Gasteiger partial charge in [0.25, 0.3) is 0 Å². The minimum atomic E-state index is -0.0503. The first kappa shape index (κ1) is 18.5. The van der Waals surface area contributed by atoms with Crippen LogP contribution in [0.4, 0.5) is 0 Å². The highest BCUT2D eigenvalue weighted by Gasteiger charge is 2.20. The number of nitrogens with one attached hydrogen (secondary N) is 1. The van der Waals surface area contributed by atoms with Gasteiger partial charge in [-0.2, -0.15) is 0 Å². The Labute approximate surface area is 157 Å². The average molecular weight is 376 g/mol. The lowest BCUT2D eigenvalue weighted by Crippen LogP contribution is -2.50. The van der Waals surface area contributed by atoms with Crippen molar-refractivity contribution in [1.29, 1.82) is 0 Å². The van der Waals surface area contributed by atoms with Crippen LogP contribution in [0.5, 0.6) is 0 Å². The molecule has 26 heavy (non-hydrogen) atoms. The zero-order valence-electron chi connectivity index (χ0n) is 14.7. The normalized spacial score (nSPS) is 15.1. The van der Waals surface area contributed by atoms with Gasteiger partial charge in [0.2, 0.25) is 11.8 Å². The highest BCUT2D eigenvalue weighted by atomic mass is 35.5. The summed E-state index contributed by atoms with van der Waals surface area (Å²) < 4.78 is 5.77. The molecule has 6 nitrogen and oxygen atoms in total. The average Bonchev–Trinajstić information content (AvgIpc) is 3.10. The van der Waals surface area contributed by atoms with Crippen molar-refractivity contribution in [3.05, 3.63) is 47.2 Å². The van der Waals surface area contributed by atoms with Crippen LogP contribution in [0.25, 0.3) is 11.3 Å². The predicted octanol–water partition coefficient (Wildman–Crippen LogP) is 2.38. The lowest BCUT2D eigenvalue weighted by molar-refractivity contribution is -0.131. The largest absolute Gasteiger partial charge is 0.459 e. The van der Waals surface area contributed by atoms with E-state index in [-0.39, 0.29) is 11.8 Å². The summed E-state index contributed by atoms with van der Waals surface area (Å²) in [5.41, 5.74) is 0.940. The molecule has 3 rings (SSSR count). The number of halogens is 1. The molecule has 2 heterocycles. The molecule has 7 heteroatoms. The number of benzene rings is 1. The highest BCUT2D eigenvalue weighted by Crippen LogP contribution is 2.23. The molecule has 0 bridgehead atoms. The molecule has 1 saturated heterocycles. The Morgan fingerprint density at radius 1 is 1.08 bits per heavy atom. The molecule has 1 N–H and O–H groups in total. The minimum Gasteiger partial charge on any atom is -0.459 e. The van der Waals surface area contributed by atoms with E-state index in [4.69, 9.17) is 16.0 Å². The molecule has 0 aliphatic carbocycles. The van der Waals surface area contributed by atoms with Crippen LogP contribution < -0.4 is 5.32 Å². The number of furan rings is 1. The first-order valence-electron chi connectivity index (χ1n) is 8.60. The standard InChI is InChI=1S/C19H22ClN3O3/c1-14(24)23-10-8-22(9-11-23)13-19(25)21-12-17-6-7-18(26-17)15-2-4-16(20)5-3-15/h2-7H,8-13H2,1H3,(H,21,25). The van der Waals surface area contributed by atoms with Crippen molar-refractivity contribution in [3.63, 3.8) is 0 Å². The number of hydrogen-bond donors (Lipinski definition) is 1. The second-order valence-electron chi connectivity index (χ2n) is 6.33. The fourth-order valence-electron chi connectivity index (χ4n) is 2.91. The second-order valence-corrected chi connectivity index (χ2v) is 6.77. The van der Waals surface area contributed by atoms with Gasteiger partial charge in [-0.1, -0.05) is 11.6 Å². The Bertz CT molecular complexity index is 765. The van der Waals surface area contributed by atoms with Gasteiger partial charge in [-0.25, -0.2) is 0 Å². The van der Waals surface area contributed by atoms with Crippen molar-refractivity contribution in [2.45, 2.75) is 13.5 Å². The van der Waals surface area contributed by atoms with E-state index >= 15 is 0 Å². The number of rotatable bonds is 5. The van der Waals surface area contributed by atoms with Crippen molar-refractivity contribution < 1.29 is 14.0 Å². The van der Waals surface area contributed by atoms with Crippen LogP contribution in [0.15, 0.2) is 40.8 Å². The van der Waals surface area contributed by atoms with Gasteiger partial charge in [0.05, 0.1) is 13.1 Å².